The van der Waals surface area contributed by atoms with Gasteiger partial charge in [0.05, 0.1) is 33.5 Å². The highest BCUT2D eigenvalue weighted by Gasteiger charge is 2.30. The summed E-state index contributed by atoms with van der Waals surface area (Å²) in [6.45, 7) is 8.84. The Morgan fingerprint density at radius 3 is 2.74 bits per heavy atom. The van der Waals surface area contributed by atoms with Gasteiger partial charge in [0.1, 0.15) is 6.07 Å². The molecule has 8 nitrogen and oxygen atoms in total. The third-order valence-electron chi connectivity index (χ3n) is 6.94. The van der Waals surface area contributed by atoms with Crippen molar-refractivity contribution >= 4 is 33.9 Å². The van der Waals surface area contributed by atoms with Gasteiger partial charge in [-0.2, -0.15) is 9.65 Å². The van der Waals surface area contributed by atoms with E-state index < -0.39 is 5.95 Å². The van der Waals surface area contributed by atoms with Gasteiger partial charge in [-0.05, 0) is 49.8 Å². The highest BCUT2D eigenvalue weighted by atomic mass is 35.5. The number of fused-ring (bicyclic) bond motifs is 1. The van der Waals surface area contributed by atoms with Gasteiger partial charge < -0.3 is 16.1 Å². The molecule has 0 amide bonds. The molecule has 0 saturated heterocycles. The molecule has 2 aromatic heterocycles. The van der Waals surface area contributed by atoms with Crippen LogP contribution in [-0.2, 0) is 0 Å². The standard InChI is InChI=1S/C28H32ClFN8/c1-16-20(8-9-24(30)34-16)27(23-14-38(37-36-23)19-6-5-7-19)35-18-10-21-25(33-15-28(2,3)4)17(12-31)13-32-26(21)22(29)11-18/h8-11,13-14,19,27,35-37H,5-7,15H2,1-4H3,(H,32,33)/t27-/m0/s1. The first kappa shape index (κ1) is 26.0. The molecule has 4 N–H and O–H groups in total. The number of aromatic nitrogens is 2. The fraction of sp³-hybridized carbons (Fsp3) is 0.393. The summed E-state index contributed by atoms with van der Waals surface area (Å²) in [7, 11) is 0. The monoisotopic (exact) mass is 534 g/mol. The third-order valence-corrected chi connectivity index (χ3v) is 7.23. The molecule has 1 aromatic carbocycles. The molecule has 1 fully saturated rings. The van der Waals surface area contributed by atoms with Gasteiger partial charge in [-0.15, -0.1) is 5.53 Å². The molecule has 10 heteroatoms. The van der Waals surface area contributed by atoms with Gasteiger partial charge >= 0.3 is 0 Å². The lowest BCUT2D eigenvalue weighted by Gasteiger charge is -2.33. The van der Waals surface area contributed by atoms with Gasteiger partial charge in [-0.3, -0.25) is 9.99 Å². The lowest BCUT2D eigenvalue weighted by Crippen LogP contribution is -2.46. The Balaban J connectivity index is 1.57. The van der Waals surface area contributed by atoms with Crippen molar-refractivity contribution in [3.63, 3.8) is 0 Å². The first-order chi connectivity index (χ1) is 18.1. The minimum absolute atomic E-state index is 0.000108. The average Bonchev–Trinajstić information content (AvgIpc) is 3.28. The number of hydrazine groups is 2. The number of rotatable bonds is 7. The van der Waals surface area contributed by atoms with Gasteiger partial charge in [-0.1, -0.05) is 38.4 Å². The minimum atomic E-state index is -0.522. The van der Waals surface area contributed by atoms with Gasteiger partial charge in [0.2, 0.25) is 5.95 Å². The van der Waals surface area contributed by atoms with Crippen LogP contribution in [0.25, 0.3) is 10.9 Å². The maximum atomic E-state index is 13.9. The van der Waals surface area contributed by atoms with E-state index in [1.807, 2.05) is 12.1 Å². The zero-order chi connectivity index (χ0) is 27.0. The number of pyridine rings is 2. The molecule has 3 heterocycles. The van der Waals surface area contributed by atoms with Gasteiger partial charge in [0.15, 0.2) is 0 Å². The molecule has 38 heavy (non-hydrogen) atoms. The molecule has 2 aliphatic rings. The van der Waals surface area contributed by atoms with E-state index in [1.54, 1.807) is 19.2 Å². The van der Waals surface area contributed by atoms with Crippen molar-refractivity contribution in [2.75, 3.05) is 17.2 Å². The van der Waals surface area contributed by atoms with E-state index >= 15 is 0 Å². The fourth-order valence-electron chi connectivity index (χ4n) is 4.66. The molecule has 1 aliphatic heterocycles. The second-order valence-electron chi connectivity index (χ2n) is 11.1. The van der Waals surface area contributed by atoms with Crippen LogP contribution in [-0.4, -0.2) is 27.6 Å². The van der Waals surface area contributed by atoms with Crippen molar-refractivity contribution in [3.05, 3.63) is 70.2 Å². The molecular weight excluding hydrogens is 503 g/mol. The number of nitrogens with zero attached hydrogens (tertiary/aromatic N) is 4. The summed E-state index contributed by atoms with van der Waals surface area (Å²) in [4.78, 5) is 8.53. The van der Waals surface area contributed by atoms with Crippen LogP contribution in [0.4, 0.5) is 15.8 Å². The number of aryl methyl sites for hydroxylation is 1. The molecule has 0 bridgehead atoms. The second kappa shape index (κ2) is 10.3. The highest BCUT2D eigenvalue weighted by molar-refractivity contribution is 6.35. The first-order valence-electron chi connectivity index (χ1n) is 12.8. The molecule has 3 aromatic rings. The average molecular weight is 535 g/mol. The van der Waals surface area contributed by atoms with Crippen LogP contribution in [0, 0.1) is 29.6 Å². The predicted molar refractivity (Wildman–Crippen MR) is 149 cm³/mol. The van der Waals surface area contributed by atoms with E-state index in [2.05, 4.69) is 69.6 Å². The number of hydrogen-bond acceptors (Lipinski definition) is 8. The van der Waals surface area contributed by atoms with Gasteiger partial charge in [0.25, 0.3) is 0 Å². The molecule has 1 atom stereocenters. The first-order valence-corrected chi connectivity index (χ1v) is 13.2. The maximum Gasteiger partial charge on any atom is 0.213 e. The molecule has 5 rings (SSSR count). The van der Waals surface area contributed by atoms with Crippen molar-refractivity contribution in [3.8, 4) is 6.07 Å². The van der Waals surface area contributed by atoms with E-state index in [0.29, 0.717) is 40.1 Å². The third kappa shape index (κ3) is 5.33. The van der Waals surface area contributed by atoms with Crippen LogP contribution in [0.3, 0.4) is 0 Å². The van der Waals surface area contributed by atoms with Crippen LogP contribution in [0.15, 0.2) is 42.4 Å². The van der Waals surface area contributed by atoms with E-state index in [9.17, 15) is 9.65 Å². The van der Waals surface area contributed by atoms with Crippen LogP contribution in [0.1, 0.15) is 62.9 Å². The summed E-state index contributed by atoms with van der Waals surface area (Å²) in [5.74, 6) is -0.522. The fourth-order valence-corrected chi connectivity index (χ4v) is 4.93. The zero-order valence-corrected chi connectivity index (χ0v) is 22.7. The van der Waals surface area contributed by atoms with Crippen molar-refractivity contribution in [2.45, 2.75) is 59.0 Å². The zero-order valence-electron chi connectivity index (χ0n) is 22.0. The lowest BCUT2D eigenvalue weighted by atomic mass is 9.93. The Morgan fingerprint density at radius 1 is 1.29 bits per heavy atom. The highest BCUT2D eigenvalue weighted by Crippen LogP contribution is 2.37. The quantitative estimate of drug-likeness (QED) is 0.277. The smallest absolute Gasteiger partial charge is 0.213 e. The van der Waals surface area contributed by atoms with Crippen molar-refractivity contribution in [1.29, 1.82) is 5.26 Å². The summed E-state index contributed by atoms with van der Waals surface area (Å²) >= 11 is 6.73. The lowest BCUT2D eigenvalue weighted by molar-refractivity contribution is 0.128. The number of halogens is 2. The van der Waals surface area contributed by atoms with E-state index in [4.69, 9.17) is 11.6 Å². The number of benzene rings is 1. The Labute approximate surface area is 227 Å². The summed E-state index contributed by atoms with van der Waals surface area (Å²) in [5.41, 5.74) is 11.3. The molecule has 1 saturated carbocycles. The van der Waals surface area contributed by atoms with E-state index in [-0.39, 0.29) is 11.5 Å². The van der Waals surface area contributed by atoms with Crippen molar-refractivity contribution in [1.82, 2.24) is 25.9 Å². The summed E-state index contributed by atoms with van der Waals surface area (Å²) in [5, 5.41) is 20.1. The molecule has 198 valence electrons. The van der Waals surface area contributed by atoms with Gasteiger partial charge in [0, 0.05) is 47.3 Å². The Bertz CT molecular complexity index is 1440. The summed E-state index contributed by atoms with van der Waals surface area (Å²) in [6.07, 6.45) is 7.09. The normalized spacial score (nSPS) is 16.4. The Morgan fingerprint density at radius 2 is 2.08 bits per heavy atom. The van der Waals surface area contributed by atoms with Crippen molar-refractivity contribution in [2.24, 2.45) is 5.41 Å². The topological polar surface area (TPSA) is 101 Å². The molecule has 0 unspecified atom stereocenters. The molecular formula is C28H32ClFN8. The number of nitriles is 1. The van der Waals surface area contributed by atoms with E-state index in [0.717, 1.165) is 35.2 Å². The van der Waals surface area contributed by atoms with Crippen LogP contribution in [0.2, 0.25) is 5.02 Å². The van der Waals surface area contributed by atoms with Crippen molar-refractivity contribution < 1.29 is 4.39 Å². The van der Waals surface area contributed by atoms with Crippen LogP contribution < -0.4 is 21.6 Å². The number of hydrogen-bond donors (Lipinski definition) is 4. The molecule has 0 spiro atoms. The Hall–Kier alpha value is -3.61. The van der Waals surface area contributed by atoms with E-state index in [1.165, 1.54) is 12.5 Å². The largest absolute Gasteiger partial charge is 0.383 e. The molecule has 1 aliphatic carbocycles. The van der Waals surface area contributed by atoms with Crippen LogP contribution >= 0.6 is 11.6 Å². The molecule has 0 radical (unpaired) electrons. The Kier molecular flexibility index (Phi) is 7.03. The number of anilines is 2. The minimum Gasteiger partial charge on any atom is -0.383 e. The van der Waals surface area contributed by atoms with Crippen LogP contribution in [0.5, 0.6) is 0 Å². The predicted octanol–water partition coefficient (Wildman–Crippen LogP) is 5.93. The maximum absolute atomic E-state index is 13.9. The summed E-state index contributed by atoms with van der Waals surface area (Å²) in [6, 6.07) is 9.21. The number of nitrogens with one attached hydrogen (secondary N) is 4. The summed E-state index contributed by atoms with van der Waals surface area (Å²) < 4.78 is 13.9. The second-order valence-corrected chi connectivity index (χ2v) is 11.5. The van der Waals surface area contributed by atoms with Gasteiger partial charge in [-0.25, -0.2) is 4.98 Å². The SMILES string of the molecule is Cc1nc(F)ccc1[C@H](Nc1cc(Cl)c2ncc(C#N)c(NCC(C)(C)C)c2c1)C1=CN(C2CCC2)NN1.